The molecule has 146 valence electrons. The normalized spacial score (nSPS) is 12.4. The molecule has 1 unspecified atom stereocenters. The highest BCUT2D eigenvalue weighted by atomic mass is 32.1. The van der Waals surface area contributed by atoms with Crippen LogP contribution >= 0.6 is 11.3 Å². The number of carbonyl (C=O) groups excluding carboxylic acids is 2. The van der Waals surface area contributed by atoms with E-state index in [-0.39, 0.29) is 24.3 Å². The van der Waals surface area contributed by atoms with E-state index >= 15 is 0 Å². The first-order valence-corrected chi connectivity index (χ1v) is 10.1. The van der Waals surface area contributed by atoms with Crippen LogP contribution in [0.25, 0.3) is 6.08 Å². The third-order valence-corrected chi connectivity index (χ3v) is 4.97. The summed E-state index contributed by atoms with van der Waals surface area (Å²) in [5, 5.41) is 9.87. The SMILES string of the molecule is CCN(CC)C(CNC(=O)CCNC(=O)/C=C/c1ccco1)c1ccsc1. The number of rotatable bonds is 11. The molecular weight excluding hydrogens is 362 g/mol. The van der Waals surface area contributed by atoms with Gasteiger partial charge >= 0.3 is 0 Å². The molecular formula is C20H27N3O3S. The van der Waals surface area contributed by atoms with Gasteiger partial charge < -0.3 is 15.1 Å². The first-order valence-electron chi connectivity index (χ1n) is 9.16. The molecule has 0 fully saturated rings. The van der Waals surface area contributed by atoms with Gasteiger partial charge in [0.1, 0.15) is 5.76 Å². The molecule has 2 amide bonds. The predicted octanol–water partition coefficient (Wildman–Crippen LogP) is 3.06. The molecule has 0 aliphatic rings. The summed E-state index contributed by atoms with van der Waals surface area (Å²) in [6, 6.07) is 5.78. The van der Waals surface area contributed by atoms with Gasteiger partial charge in [-0.1, -0.05) is 13.8 Å². The summed E-state index contributed by atoms with van der Waals surface area (Å²) >= 11 is 1.66. The van der Waals surface area contributed by atoms with Gasteiger partial charge in [0.2, 0.25) is 11.8 Å². The summed E-state index contributed by atoms with van der Waals surface area (Å²) in [5.74, 6) is 0.287. The third kappa shape index (κ3) is 7.03. The zero-order valence-electron chi connectivity index (χ0n) is 15.8. The Morgan fingerprint density at radius 3 is 2.70 bits per heavy atom. The summed E-state index contributed by atoms with van der Waals surface area (Å²) in [7, 11) is 0. The monoisotopic (exact) mass is 389 g/mol. The summed E-state index contributed by atoms with van der Waals surface area (Å²) in [5.41, 5.74) is 1.22. The van der Waals surface area contributed by atoms with E-state index in [9.17, 15) is 9.59 Å². The van der Waals surface area contributed by atoms with E-state index in [1.807, 2.05) is 0 Å². The van der Waals surface area contributed by atoms with Crippen LogP contribution < -0.4 is 10.6 Å². The highest BCUT2D eigenvalue weighted by Crippen LogP contribution is 2.22. The Bertz CT molecular complexity index is 707. The fourth-order valence-corrected chi connectivity index (χ4v) is 3.49. The van der Waals surface area contributed by atoms with E-state index in [0.29, 0.717) is 18.8 Å². The van der Waals surface area contributed by atoms with Gasteiger partial charge in [0.05, 0.1) is 12.3 Å². The van der Waals surface area contributed by atoms with Gasteiger partial charge in [0, 0.05) is 25.6 Å². The summed E-state index contributed by atoms with van der Waals surface area (Å²) in [4.78, 5) is 26.2. The van der Waals surface area contributed by atoms with E-state index in [0.717, 1.165) is 13.1 Å². The number of carbonyl (C=O) groups is 2. The Morgan fingerprint density at radius 2 is 2.07 bits per heavy atom. The molecule has 0 aromatic carbocycles. The molecule has 6 nitrogen and oxygen atoms in total. The second kappa shape index (κ2) is 11.4. The molecule has 2 aromatic heterocycles. The lowest BCUT2D eigenvalue weighted by molar-refractivity contribution is -0.121. The number of nitrogens with zero attached hydrogens (tertiary/aromatic N) is 1. The van der Waals surface area contributed by atoms with Gasteiger partial charge in [0.25, 0.3) is 0 Å². The van der Waals surface area contributed by atoms with Crippen molar-refractivity contribution in [3.63, 3.8) is 0 Å². The number of hydrogen-bond acceptors (Lipinski definition) is 5. The molecule has 2 heterocycles. The van der Waals surface area contributed by atoms with E-state index in [2.05, 4.69) is 46.2 Å². The van der Waals surface area contributed by atoms with Crippen molar-refractivity contribution >= 4 is 29.2 Å². The van der Waals surface area contributed by atoms with E-state index in [4.69, 9.17) is 4.42 Å². The molecule has 27 heavy (non-hydrogen) atoms. The molecule has 2 aromatic rings. The highest BCUT2D eigenvalue weighted by Gasteiger charge is 2.19. The van der Waals surface area contributed by atoms with Crippen molar-refractivity contribution in [1.29, 1.82) is 0 Å². The highest BCUT2D eigenvalue weighted by molar-refractivity contribution is 7.07. The van der Waals surface area contributed by atoms with Crippen molar-refractivity contribution in [3.8, 4) is 0 Å². The molecule has 0 saturated heterocycles. The molecule has 0 bridgehead atoms. The van der Waals surface area contributed by atoms with Gasteiger partial charge in [-0.05, 0) is 53.7 Å². The molecule has 0 radical (unpaired) electrons. The number of nitrogens with one attached hydrogen (secondary N) is 2. The molecule has 0 saturated carbocycles. The third-order valence-electron chi connectivity index (χ3n) is 4.27. The van der Waals surface area contributed by atoms with Crippen LogP contribution in [0.3, 0.4) is 0 Å². The van der Waals surface area contributed by atoms with Crippen LogP contribution in [0, 0.1) is 0 Å². The fourth-order valence-electron chi connectivity index (χ4n) is 2.79. The second-order valence-electron chi connectivity index (χ2n) is 5.99. The molecule has 0 spiro atoms. The predicted molar refractivity (Wildman–Crippen MR) is 108 cm³/mol. The van der Waals surface area contributed by atoms with E-state index < -0.39 is 0 Å². The first-order chi connectivity index (χ1) is 13.1. The van der Waals surface area contributed by atoms with Crippen LogP contribution in [0.5, 0.6) is 0 Å². The lowest BCUT2D eigenvalue weighted by Crippen LogP contribution is -2.38. The Balaban J connectivity index is 1.73. The minimum absolute atomic E-state index is 0.0716. The van der Waals surface area contributed by atoms with Crippen LogP contribution in [0.15, 0.2) is 45.7 Å². The topological polar surface area (TPSA) is 74.6 Å². The Kier molecular flexibility index (Phi) is 8.80. The number of likely N-dealkylation sites (N-methyl/N-ethyl adjacent to an activating group) is 1. The Hall–Kier alpha value is -2.38. The maximum atomic E-state index is 12.1. The van der Waals surface area contributed by atoms with Crippen LogP contribution in [0.2, 0.25) is 0 Å². The van der Waals surface area contributed by atoms with Gasteiger partial charge in [-0.2, -0.15) is 11.3 Å². The zero-order chi connectivity index (χ0) is 19.5. The summed E-state index contributed by atoms with van der Waals surface area (Å²) in [6.07, 6.45) is 4.77. The maximum Gasteiger partial charge on any atom is 0.244 e. The quantitative estimate of drug-likeness (QED) is 0.579. The summed E-state index contributed by atoms with van der Waals surface area (Å²) < 4.78 is 5.12. The van der Waals surface area contributed by atoms with E-state index in [1.165, 1.54) is 11.6 Å². The average Bonchev–Trinajstić information content (AvgIpc) is 3.37. The first kappa shape index (κ1) is 20.9. The molecule has 0 aliphatic heterocycles. The molecule has 1 atom stereocenters. The smallest absolute Gasteiger partial charge is 0.244 e. The lowest BCUT2D eigenvalue weighted by Gasteiger charge is -2.29. The van der Waals surface area contributed by atoms with Crippen molar-refractivity contribution in [1.82, 2.24) is 15.5 Å². The number of furan rings is 1. The van der Waals surface area contributed by atoms with Crippen LogP contribution in [0.1, 0.15) is 37.6 Å². The molecule has 7 heteroatoms. The van der Waals surface area contributed by atoms with Crippen molar-refractivity contribution in [2.24, 2.45) is 0 Å². The lowest BCUT2D eigenvalue weighted by atomic mass is 10.1. The molecule has 2 N–H and O–H groups in total. The average molecular weight is 390 g/mol. The Labute approximate surface area is 164 Å². The minimum Gasteiger partial charge on any atom is -0.465 e. The minimum atomic E-state index is -0.251. The number of amides is 2. The Morgan fingerprint density at radius 1 is 1.26 bits per heavy atom. The standard InChI is InChI=1S/C20H27N3O3S/c1-3-23(4-2)18(16-10-13-27-15-16)14-22-20(25)9-11-21-19(24)8-7-17-6-5-12-26-17/h5-8,10,12-13,15,18H,3-4,9,11,14H2,1-2H3,(H,21,24)(H,22,25)/b8-7+. The van der Waals surface area contributed by atoms with Gasteiger partial charge in [-0.3, -0.25) is 14.5 Å². The van der Waals surface area contributed by atoms with Crippen LogP contribution in [-0.2, 0) is 9.59 Å². The number of hydrogen-bond donors (Lipinski definition) is 2. The molecule has 2 rings (SSSR count). The van der Waals surface area contributed by atoms with Crippen molar-refractivity contribution < 1.29 is 14.0 Å². The second-order valence-corrected chi connectivity index (χ2v) is 6.77. The fraction of sp³-hybridized carbons (Fsp3) is 0.400. The van der Waals surface area contributed by atoms with E-state index in [1.54, 1.807) is 35.8 Å². The van der Waals surface area contributed by atoms with Crippen LogP contribution in [-0.4, -0.2) is 42.9 Å². The van der Waals surface area contributed by atoms with Crippen molar-refractivity contribution in [2.45, 2.75) is 26.3 Å². The van der Waals surface area contributed by atoms with Crippen molar-refractivity contribution in [2.75, 3.05) is 26.2 Å². The zero-order valence-corrected chi connectivity index (χ0v) is 16.6. The van der Waals surface area contributed by atoms with Gasteiger partial charge in [0.15, 0.2) is 0 Å². The largest absolute Gasteiger partial charge is 0.465 e. The molecule has 0 aliphatic carbocycles. The maximum absolute atomic E-state index is 12.1. The summed E-state index contributed by atoms with van der Waals surface area (Å²) in [6.45, 7) is 6.94. The van der Waals surface area contributed by atoms with Gasteiger partial charge in [-0.15, -0.1) is 0 Å². The number of thiophene rings is 1. The van der Waals surface area contributed by atoms with Crippen molar-refractivity contribution in [3.05, 3.63) is 52.6 Å². The van der Waals surface area contributed by atoms with Crippen LogP contribution in [0.4, 0.5) is 0 Å². The van der Waals surface area contributed by atoms with Gasteiger partial charge in [-0.25, -0.2) is 0 Å².